The molecular formula is C13H12BrF2NO4. The Morgan fingerprint density at radius 3 is 2.29 bits per heavy atom. The Balaban J connectivity index is 3.42. The predicted molar refractivity (Wildman–Crippen MR) is 76.3 cm³/mol. The third-order valence-electron chi connectivity index (χ3n) is 2.24. The monoisotopic (exact) mass is 363 g/mol. The lowest BCUT2D eigenvalue weighted by atomic mass is 10.1. The van der Waals surface area contributed by atoms with Gasteiger partial charge in [0.05, 0.1) is 10.5 Å². The number of ether oxygens (including phenoxy) is 1. The van der Waals surface area contributed by atoms with Gasteiger partial charge in [-0.3, -0.25) is 10.1 Å². The molecule has 0 aliphatic heterocycles. The number of esters is 1. The minimum atomic E-state index is -1.42. The largest absolute Gasteiger partial charge is 0.456 e. The van der Waals surface area contributed by atoms with Crippen LogP contribution in [-0.4, -0.2) is 16.5 Å². The van der Waals surface area contributed by atoms with Gasteiger partial charge >= 0.3 is 5.97 Å². The van der Waals surface area contributed by atoms with E-state index in [1.807, 2.05) is 0 Å². The van der Waals surface area contributed by atoms with Crippen molar-refractivity contribution in [1.29, 1.82) is 0 Å². The molecule has 0 atom stereocenters. The van der Waals surface area contributed by atoms with E-state index in [4.69, 9.17) is 4.74 Å². The van der Waals surface area contributed by atoms with Crippen molar-refractivity contribution < 1.29 is 23.2 Å². The second-order valence-corrected chi connectivity index (χ2v) is 5.76. The van der Waals surface area contributed by atoms with Crippen LogP contribution in [-0.2, 0) is 4.74 Å². The van der Waals surface area contributed by atoms with Crippen LogP contribution in [0.25, 0.3) is 5.83 Å². The third-order valence-corrected chi connectivity index (χ3v) is 2.58. The van der Waals surface area contributed by atoms with Crippen LogP contribution in [0.1, 0.15) is 36.7 Å². The molecule has 0 amide bonds. The lowest BCUT2D eigenvalue weighted by Gasteiger charge is -2.20. The number of rotatable bonds is 3. The number of nitrogens with zero attached hydrogens (tertiary/aromatic N) is 1. The number of carbonyl (C=O) groups is 1. The van der Waals surface area contributed by atoms with Gasteiger partial charge in [-0.05, 0) is 42.8 Å². The van der Waals surface area contributed by atoms with Gasteiger partial charge in [0.25, 0.3) is 5.69 Å². The van der Waals surface area contributed by atoms with E-state index >= 15 is 0 Å². The van der Waals surface area contributed by atoms with Crippen molar-refractivity contribution in [2.24, 2.45) is 0 Å². The van der Waals surface area contributed by atoms with E-state index in [1.54, 1.807) is 20.8 Å². The van der Waals surface area contributed by atoms with Gasteiger partial charge in [0.1, 0.15) is 5.60 Å². The quantitative estimate of drug-likeness (QED) is 0.450. The first-order valence-corrected chi connectivity index (χ1v) is 6.55. The van der Waals surface area contributed by atoms with Gasteiger partial charge in [0.2, 0.25) is 4.74 Å². The SMILES string of the molecule is CC(C)(C)OC(=O)c1ccc([N+](=O)[O-])cc1/C(F)=C(/F)Br. The summed E-state index contributed by atoms with van der Waals surface area (Å²) in [7, 11) is 0. The Morgan fingerprint density at radius 1 is 1.29 bits per heavy atom. The molecule has 0 saturated carbocycles. The number of carbonyl (C=O) groups excluding carboxylic acids is 1. The summed E-state index contributed by atoms with van der Waals surface area (Å²) in [6, 6.07) is 2.81. The molecule has 0 bridgehead atoms. The Hall–Kier alpha value is -1.83. The topological polar surface area (TPSA) is 69.4 Å². The molecule has 1 aromatic carbocycles. The Labute approximate surface area is 127 Å². The summed E-state index contributed by atoms with van der Waals surface area (Å²) >= 11 is 2.30. The number of hydrogen-bond acceptors (Lipinski definition) is 4. The Bertz CT molecular complexity index is 619. The molecule has 1 aromatic rings. The van der Waals surface area contributed by atoms with Crippen LogP contribution in [0.5, 0.6) is 0 Å². The molecule has 0 heterocycles. The summed E-state index contributed by atoms with van der Waals surface area (Å²) in [5.41, 5.74) is -2.17. The van der Waals surface area contributed by atoms with Crippen molar-refractivity contribution in [2.45, 2.75) is 26.4 Å². The van der Waals surface area contributed by atoms with Gasteiger partial charge in [-0.1, -0.05) is 0 Å². The van der Waals surface area contributed by atoms with Crippen molar-refractivity contribution in [2.75, 3.05) is 0 Å². The zero-order chi connectivity index (χ0) is 16.4. The van der Waals surface area contributed by atoms with E-state index in [2.05, 4.69) is 15.9 Å². The van der Waals surface area contributed by atoms with E-state index in [-0.39, 0.29) is 5.56 Å². The van der Waals surface area contributed by atoms with E-state index in [9.17, 15) is 23.7 Å². The summed E-state index contributed by atoms with van der Waals surface area (Å²) < 4.78 is 30.5. The van der Waals surface area contributed by atoms with Crippen LogP contribution in [0.3, 0.4) is 0 Å². The lowest BCUT2D eigenvalue weighted by molar-refractivity contribution is -0.384. The zero-order valence-corrected chi connectivity index (χ0v) is 13.0. The van der Waals surface area contributed by atoms with Crippen LogP contribution in [0.15, 0.2) is 22.9 Å². The Kier molecular flexibility index (Phi) is 5.16. The second kappa shape index (κ2) is 6.30. The number of halogens is 3. The normalized spacial score (nSPS) is 12.7. The van der Waals surface area contributed by atoms with Gasteiger partial charge in [-0.2, -0.15) is 4.39 Å². The maximum Gasteiger partial charge on any atom is 0.339 e. The summed E-state index contributed by atoms with van der Waals surface area (Å²) in [4.78, 5) is 21.9. The fourth-order valence-electron chi connectivity index (χ4n) is 1.44. The molecule has 1 rings (SSSR count). The number of nitro benzene ring substituents is 1. The summed E-state index contributed by atoms with van der Waals surface area (Å²) in [5.74, 6) is -2.32. The van der Waals surface area contributed by atoms with Crippen LogP contribution < -0.4 is 0 Å². The molecule has 5 nitrogen and oxygen atoms in total. The highest BCUT2D eigenvalue weighted by Crippen LogP contribution is 2.31. The average Bonchev–Trinajstić information content (AvgIpc) is 2.34. The van der Waals surface area contributed by atoms with E-state index < -0.39 is 38.3 Å². The smallest absolute Gasteiger partial charge is 0.339 e. The number of hydrogen-bond donors (Lipinski definition) is 0. The molecule has 0 spiro atoms. The maximum atomic E-state index is 13.8. The van der Waals surface area contributed by atoms with Crippen LogP contribution in [0.4, 0.5) is 14.5 Å². The highest BCUT2D eigenvalue weighted by atomic mass is 79.9. The zero-order valence-electron chi connectivity index (χ0n) is 11.4. The minimum absolute atomic E-state index is 0.303. The maximum absolute atomic E-state index is 13.8. The fraction of sp³-hybridized carbons (Fsp3) is 0.308. The van der Waals surface area contributed by atoms with Gasteiger partial charge in [0, 0.05) is 17.7 Å². The molecule has 0 radical (unpaired) electrons. The van der Waals surface area contributed by atoms with Crippen LogP contribution in [0, 0.1) is 10.1 Å². The first-order valence-electron chi connectivity index (χ1n) is 5.76. The first-order chi connectivity index (χ1) is 9.53. The number of benzene rings is 1. The highest BCUT2D eigenvalue weighted by Gasteiger charge is 2.25. The van der Waals surface area contributed by atoms with Gasteiger partial charge in [-0.25, -0.2) is 9.18 Å². The number of nitro groups is 1. The molecule has 21 heavy (non-hydrogen) atoms. The molecule has 0 aliphatic rings. The van der Waals surface area contributed by atoms with E-state index in [1.165, 1.54) is 0 Å². The minimum Gasteiger partial charge on any atom is -0.456 e. The predicted octanol–water partition coefficient (Wildman–Crippen LogP) is 4.51. The molecule has 8 heteroatoms. The van der Waals surface area contributed by atoms with E-state index in [0.717, 1.165) is 18.2 Å². The van der Waals surface area contributed by atoms with Crippen molar-refractivity contribution in [3.8, 4) is 0 Å². The average molecular weight is 364 g/mol. The van der Waals surface area contributed by atoms with Gasteiger partial charge in [-0.15, -0.1) is 0 Å². The van der Waals surface area contributed by atoms with Crippen molar-refractivity contribution in [3.63, 3.8) is 0 Å². The lowest BCUT2D eigenvalue weighted by Crippen LogP contribution is -2.24. The van der Waals surface area contributed by atoms with Crippen LogP contribution >= 0.6 is 15.9 Å². The molecule has 0 saturated heterocycles. The summed E-state index contributed by atoms with van der Waals surface area (Å²) in [6.45, 7) is 4.81. The summed E-state index contributed by atoms with van der Waals surface area (Å²) in [5, 5.41) is 10.7. The fourth-order valence-corrected chi connectivity index (χ4v) is 1.65. The molecular weight excluding hydrogens is 352 g/mol. The standard InChI is InChI=1S/C13H12BrF2NO4/c1-13(2,3)21-12(18)8-5-4-7(17(19)20)6-9(8)10(15)11(14)16/h4-6H,1-3H3/b11-10-. The molecule has 0 aliphatic carbocycles. The molecule has 114 valence electrons. The molecule has 0 aromatic heterocycles. The van der Waals surface area contributed by atoms with Crippen LogP contribution in [0.2, 0.25) is 0 Å². The molecule has 0 unspecified atom stereocenters. The molecule has 0 N–H and O–H groups in total. The summed E-state index contributed by atoms with van der Waals surface area (Å²) in [6.07, 6.45) is 0. The first kappa shape index (κ1) is 17.2. The van der Waals surface area contributed by atoms with Gasteiger partial charge in [0.15, 0.2) is 5.83 Å². The second-order valence-electron chi connectivity index (χ2n) is 5.06. The Morgan fingerprint density at radius 2 is 1.86 bits per heavy atom. The van der Waals surface area contributed by atoms with E-state index in [0.29, 0.717) is 0 Å². The third kappa shape index (κ3) is 4.59. The van der Waals surface area contributed by atoms with Crippen molar-refractivity contribution >= 4 is 33.4 Å². The van der Waals surface area contributed by atoms with Crippen molar-refractivity contribution in [3.05, 3.63) is 44.2 Å². The number of non-ortho nitro benzene ring substituents is 1. The molecule has 0 fully saturated rings. The van der Waals surface area contributed by atoms with Gasteiger partial charge < -0.3 is 4.74 Å². The van der Waals surface area contributed by atoms with Crippen molar-refractivity contribution in [1.82, 2.24) is 0 Å². The highest BCUT2D eigenvalue weighted by molar-refractivity contribution is 9.11.